The molecule has 0 unspecified atom stereocenters. The monoisotopic (exact) mass is 1760 g/mol. The smallest absolute Gasteiger partial charge is 0.0713 e. The summed E-state index contributed by atoms with van der Waals surface area (Å²) in [6, 6.07) is 204. The molecule has 0 radical (unpaired) electrons. The minimum atomic E-state index is -0.477. The first kappa shape index (κ1) is 82.0. The van der Waals surface area contributed by atoms with E-state index in [0.29, 0.717) is 0 Å². The van der Waals surface area contributed by atoms with Crippen LogP contribution in [0.15, 0.2) is 558 Å². The quantitative estimate of drug-likeness (QED) is 0.0851. The Bertz CT molecular complexity index is 8410. The number of benzene rings is 22. The highest BCUT2D eigenvalue weighted by atomic mass is 15.1. The van der Waals surface area contributed by atoms with Gasteiger partial charge in [-0.15, -0.1) is 0 Å². The predicted molar refractivity (Wildman–Crippen MR) is 578 cm³/mol. The van der Waals surface area contributed by atoms with Gasteiger partial charge in [0.1, 0.15) is 0 Å². The fourth-order valence-electron chi connectivity index (χ4n) is 22.3. The summed E-state index contributed by atoms with van der Waals surface area (Å²) in [4.78, 5) is 4.82. The highest BCUT2D eigenvalue weighted by Gasteiger charge is 2.48. The van der Waals surface area contributed by atoms with Crippen LogP contribution in [0.3, 0.4) is 0 Å². The number of nitrogens with zero attached hydrogens (tertiary/aromatic N) is 4. The van der Waals surface area contributed by atoms with Gasteiger partial charge in [-0.2, -0.15) is 0 Å². The van der Waals surface area contributed by atoms with Crippen LogP contribution in [0.4, 0.5) is 34.1 Å². The van der Waals surface area contributed by atoms with Crippen molar-refractivity contribution < 1.29 is 0 Å². The Morgan fingerprint density at radius 3 is 0.739 bits per heavy atom. The maximum atomic E-state index is 2.42. The van der Waals surface area contributed by atoms with E-state index < -0.39 is 10.8 Å². The van der Waals surface area contributed by atoms with Gasteiger partial charge >= 0.3 is 0 Å². The second-order valence-electron chi connectivity index (χ2n) is 36.1. The molecule has 648 valence electrons. The van der Waals surface area contributed by atoms with E-state index in [-0.39, 0.29) is 0 Å². The summed E-state index contributed by atoms with van der Waals surface area (Å²) in [6.45, 7) is 0. The molecule has 0 spiro atoms. The van der Waals surface area contributed by atoms with Crippen LogP contribution in [-0.4, -0.2) is 9.13 Å². The lowest BCUT2D eigenvalue weighted by molar-refractivity contribution is 0.768. The first-order chi connectivity index (χ1) is 68.5. The Kier molecular flexibility index (Phi) is 20.7. The van der Waals surface area contributed by atoms with Gasteiger partial charge in [0.15, 0.2) is 0 Å². The minimum absolute atomic E-state index is 0.470. The van der Waals surface area contributed by atoms with Crippen LogP contribution < -0.4 is 9.80 Å². The molecular weight excluding hydrogens is 1670 g/mol. The fourth-order valence-corrected chi connectivity index (χ4v) is 22.3. The van der Waals surface area contributed by atoms with Crippen molar-refractivity contribution >= 4 is 77.7 Å². The third-order valence-corrected chi connectivity index (χ3v) is 28.6. The van der Waals surface area contributed by atoms with Crippen molar-refractivity contribution in [2.24, 2.45) is 0 Å². The molecule has 4 nitrogen and oxygen atoms in total. The van der Waals surface area contributed by atoms with Crippen LogP contribution in [0, 0.1) is 0 Å². The summed E-state index contributed by atoms with van der Waals surface area (Å²) < 4.78 is 4.75. The third-order valence-electron chi connectivity index (χ3n) is 28.6. The van der Waals surface area contributed by atoms with Gasteiger partial charge < -0.3 is 18.9 Å². The van der Waals surface area contributed by atoms with Crippen molar-refractivity contribution in [3.63, 3.8) is 0 Å². The Hall–Kier alpha value is -18.0. The van der Waals surface area contributed by atoms with E-state index in [1.54, 1.807) is 0 Å². The van der Waals surface area contributed by atoms with E-state index in [2.05, 4.69) is 577 Å². The molecule has 0 atom stereocenters. The number of hydrogen-bond acceptors (Lipinski definition) is 2. The average Bonchev–Trinajstić information content (AvgIpc) is 1.54. The Morgan fingerprint density at radius 2 is 0.384 bits per heavy atom. The van der Waals surface area contributed by atoms with Gasteiger partial charge in [-0.25, -0.2) is 0 Å². The van der Waals surface area contributed by atoms with Crippen LogP contribution >= 0.6 is 0 Å². The average molecular weight is 1760 g/mol. The lowest BCUT2D eigenvalue weighted by atomic mass is 9.68. The molecule has 4 heteroatoms. The number of hydrogen-bond donors (Lipinski definition) is 0. The van der Waals surface area contributed by atoms with Gasteiger partial charge in [0.05, 0.1) is 38.6 Å². The van der Waals surface area contributed by atoms with Crippen molar-refractivity contribution in [1.82, 2.24) is 9.13 Å². The zero-order valence-electron chi connectivity index (χ0n) is 75.9. The third kappa shape index (κ3) is 14.1. The molecule has 0 aliphatic heterocycles. The molecule has 0 saturated heterocycles. The maximum absolute atomic E-state index is 2.42. The summed E-state index contributed by atoms with van der Waals surface area (Å²) in [5.74, 6) is 0. The van der Waals surface area contributed by atoms with Crippen LogP contribution in [0.2, 0.25) is 0 Å². The summed E-state index contributed by atoms with van der Waals surface area (Å²) in [5, 5.41) is 5.07. The molecule has 0 bridgehead atoms. The van der Waals surface area contributed by atoms with Gasteiger partial charge in [-0.1, -0.05) is 443 Å². The van der Waals surface area contributed by atoms with Crippen LogP contribution in [0.1, 0.15) is 44.5 Å². The standard InChI is InChI=1S/2C67H46N2/c1-3-17-47(18-4-1)48-31-33-51(34-32-48)57-21-9-14-28-64(57)68(54-41-35-49(36-42-54)50-37-43-56(44-38-50)69-65-29-15-10-24-60(65)61-25-11-16-30-66(61)69)55-45-39-53(40-46-55)67(52-19-5-2-6-20-52)62-26-12-7-22-58(62)59-23-8-13-27-63(59)67;1-3-16-47(17-4-1)48-30-32-51(33-31-48)52-18-15-21-58(46-52)68(55-40-34-49(35-41-55)50-36-42-57(43-37-50)69-65-28-13-9-24-61(65)62-25-10-14-29-66(62)69)56-44-38-54(39-45-56)67(53-19-5-2-6-20-53)63-26-11-7-22-59(63)60-23-8-12-27-64(60)67/h2*1-46H. The second-order valence-corrected chi connectivity index (χ2v) is 36.1. The van der Waals surface area contributed by atoms with Crippen LogP contribution in [0.5, 0.6) is 0 Å². The van der Waals surface area contributed by atoms with Gasteiger partial charge in [0.25, 0.3) is 0 Å². The first-order valence-electron chi connectivity index (χ1n) is 47.7. The Balaban J connectivity index is 0.000000146. The first-order valence-corrected chi connectivity index (χ1v) is 47.7. The summed E-state index contributed by atoms with van der Waals surface area (Å²) >= 11 is 0. The summed E-state index contributed by atoms with van der Waals surface area (Å²) in [5.41, 5.74) is 42.3. The molecule has 2 heterocycles. The molecule has 0 fully saturated rings. The topological polar surface area (TPSA) is 16.3 Å². The second kappa shape index (κ2) is 34.9. The normalized spacial score (nSPS) is 12.5. The molecule has 138 heavy (non-hydrogen) atoms. The Labute approximate surface area is 804 Å². The zero-order valence-corrected chi connectivity index (χ0v) is 75.9. The van der Waals surface area contributed by atoms with E-state index in [1.807, 2.05) is 0 Å². The number of rotatable bonds is 18. The van der Waals surface area contributed by atoms with Crippen molar-refractivity contribution in [3.8, 4) is 100 Å². The number of fused-ring (bicyclic) bond motifs is 12. The van der Waals surface area contributed by atoms with Gasteiger partial charge in [0.2, 0.25) is 0 Å². The molecule has 2 aromatic heterocycles. The Morgan fingerprint density at radius 1 is 0.145 bits per heavy atom. The van der Waals surface area contributed by atoms with Crippen molar-refractivity contribution in [2.45, 2.75) is 10.8 Å². The van der Waals surface area contributed by atoms with E-state index >= 15 is 0 Å². The molecule has 0 saturated carbocycles. The molecule has 0 amide bonds. The number of para-hydroxylation sites is 5. The molecule has 22 aromatic carbocycles. The SMILES string of the molecule is c1ccc(-c2ccc(-c3cccc(N(c4ccc(-c5ccc(-n6c7ccccc7c7ccccc76)cc5)cc4)c4ccc(C5(c6ccccc6)c6ccccc6-c6ccccc65)cc4)c3)cc2)cc1.c1ccc(-c2ccc(-c3ccccc3N(c3ccc(-c4ccc(-n5c6ccccc6c6ccccc65)cc4)cc3)c3ccc(C4(c5ccccc5)c5ccccc5-c5ccccc54)cc3)cc2)cc1. The van der Waals surface area contributed by atoms with Gasteiger partial charge in [-0.3, -0.25) is 0 Å². The molecular formula is C134H92N4. The van der Waals surface area contributed by atoms with Gasteiger partial charge in [0, 0.05) is 66.9 Å². The molecule has 2 aliphatic carbocycles. The molecule has 26 rings (SSSR count). The molecule has 24 aromatic rings. The fraction of sp³-hybridized carbons (Fsp3) is 0.0149. The number of aromatic nitrogens is 2. The van der Waals surface area contributed by atoms with Crippen molar-refractivity contribution in [2.75, 3.05) is 9.80 Å². The van der Waals surface area contributed by atoms with E-state index in [4.69, 9.17) is 0 Å². The van der Waals surface area contributed by atoms with Crippen molar-refractivity contribution in [3.05, 3.63) is 603 Å². The zero-order chi connectivity index (χ0) is 91.5. The largest absolute Gasteiger partial charge is 0.310 e. The minimum Gasteiger partial charge on any atom is -0.310 e. The predicted octanol–water partition coefficient (Wildman–Crippen LogP) is 35.2. The van der Waals surface area contributed by atoms with E-state index in [9.17, 15) is 0 Å². The van der Waals surface area contributed by atoms with Crippen LogP contribution in [-0.2, 0) is 10.8 Å². The van der Waals surface area contributed by atoms with Gasteiger partial charge in [-0.05, 0) is 243 Å². The number of anilines is 6. The van der Waals surface area contributed by atoms with Crippen LogP contribution in [0.25, 0.3) is 144 Å². The van der Waals surface area contributed by atoms with E-state index in [0.717, 1.165) is 67.8 Å². The molecule has 2 aliphatic rings. The maximum Gasteiger partial charge on any atom is 0.0713 e. The van der Waals surface area contributed by atoms with Crippen molar-refractivity contribution in [1.29, 1.82) is 0 Å². The molecule has 0 N–H and O–H groups in total. The van der Waals surface area contributed by atoms with E-state index in [1.165, 1.54) is 155 Å². The lowest BCUT2D eigenvalue weighted by Gasteiger charge is -2.34. The summed E-state index contributed by atoms with van der Waals surface area (Å²) in [7, 11) is 0. The highest BCUT2D eigenvalue weighted by Crippen LogP contribution is 2.59. The summed E-state index contributed by atoms with van der Waals surface area (Å²) in [6.07, 6.45) is 0. The lowest BCUT2D eigenvalue weighted by Crippen LogP contribution is -2.28. The highest BCUT2D eigenvalue weighted by molar-refractivity contribution is 6.11.